The van der Waals surface area contributed by atoms with Crippen LogP contribution in [0.2, 0.25) is 0 Å². The van der Waals surface area contributed by atoms with E-state index in [9.17, 15) is 23.6 Å². The fourth-order valence-electron chi connectivity index (χ4n) is 5.47. The maximum Gasteiger partial charge on any atom is 0.269 e. The summed E-state index contributed by atoms with van der Waals surface area (Å²) in [4.78, 5) is 39.5. The SMILES string of the molecule is C[C@@H]1CN(c2cc(F)c(C3=CCCN(c4ncc(C#N)s4)C3)cc2NC(=O)C2C=NC(=O)C=C2C(F)F)C[C@H](C)N1C. The van der Waals surface area contributed by atoms with Crippen molar-refractivity contribution in [2.45, 2.75) is 38.8 Å². The van der Waals surface area contributed by atoms with Crippen molar-refractivity contribution in [3.05, 3.63) is 52.3 Å². The Bertz CT molecular complexity index is 1520. The van der Waals surface area contributed by atoms with E-state index in [0.717, 1.165) is 6.21 Å². The van der Waals surface area contributed by atoms with Crippen LogP contribution in [0.3, 0.4) is 0 Å². The first-order valence-corrected chi connectivity index (χ1v) is 14.4. The van der Waals surface area contributed by atoms with E-state index in [1.165, 1.54) is 23.6 Å². The molecule has 1 N–H and O–H groups in total. The molecule has 0 saturated carbocycles. The van der Waals surface area contributed by atoms with Crippen LogP contribution in [0, 0.1) is 23.1 Å². The molecule has 4 heterocycles. The van der Waals surface area contributed by atoms with Gasteiger partial charge in [-0.1, -0.05) is 17.4 Å². The molecule has 1 saturated heterocycles. The van der Waals surface area contributed by atoms with E-state index < -0.39 is 35.5 Å². The Morgan fingerprint density at radius 1 is 1.21 bits per heavy atom. The molecule has 1 unspecified atom stereocenters. The number of aliphatic imine (C=N–C) groups is 1. The summed E-state index contributed by atoms with van der Waals surface area (Å²) in [6.45, 7) is 6.21. The summed E-state index contributed by atoms with van der Waals surface area (Å²) in [5, 5.41) is 12.6. The van der Waals surface area contributed by atoms with Crippen LogP contribution in [0.25, 0.3) is 5.57 Å². The number of amides is 2. The number of carbonyl (C=O) groups excluding carboxylic acids is 2. The highest BCUT2D eigenvalue weighted by molar-refractivity contribution is 7.16. The average molecular weight is 598 g/mol. The molecular formula is C29H30F3N7O2S. The van der Waals surface area contributed by atoms with Gasteiger partial charge in [0.25, 0.3) is 12.3 Å². The van der Waals surface area contributed by atoms with Crippen molar-refractivity contribution < 1.29 is 22.8 Å². The number of rotatable bonds is 6. The van der Waals surface area contributed by atoms with Crippen LogP contribution < -0.4 is 15.1 Å². The summed E-state index contributed by atoms with van der Waals surface area (Å²) in [6.07, 6.45) is 2.63. The van der Waals surface area contributed by atoms with Crippen molar-refractivity contribution in [1.29, 1.82) is 5.26 Å². The number of nitriles is 1. The number of anilines is 3. The van der Waals surface area contributed by atoms with Crippen LogP contribution >= 0.6 is 11.3 Å². The first kappa shape index (κ1) is 29.5. The monoisotopic (exact) mass is 597 g/mol. The minimum absolute atomic E-state index is 0.135. The Balaban J connectivity index is 1.51. The summed E-state index contributed by atoms with van der Waals surface area (Å²) in [6, 6.07) is 5.28. The Morgan fingerprint density at radius 2 is 1.95 bits per heavy atom. The molecule has 5 rings (SSSR count). The van der Waals surface area contributed by atoms with Gasteiger partial charge in [0, 0.05) is 61.7 Å². The van der Waals surface area contributed by atoms with Gasteiger partial charge in [-0.15, -0.1) is 0 Å². The highest BCUT2D eigenvalue weighted by atomic mass is 32.1. The molecule has 0 bridgehead atoms. The predicted molar refractivity (Wildman–Crippen MR) is 157 cm³/mol. The normalized spacial score (nSPS) is 23.1. The lowest BCUT2D eigenvalue weighted by Crippen LogP contribution is -2.55. The third-order valence-corrected chi connectivity index (χ3v) is 8.91. The molecule has 1 fully saturated rings. The lowest BCUT2D eigenvalue weighted by atomic mass is 9.96. The van der Waals surface area contributed by atoms with Gasteiger partial charge in [0.05, 0.1) is 17.6 Å². The van der Waals surface area contributed by atoms with E-state index >= 15 is 4.39 Å². The summed E-state index contributed by atoms with van der Waals surface area (Å²) < 4.78 is 43.4. The van der Waals surface area contributed by atoms with Gasteiger partial charge >= 0.3 is 0 Å². The third kappa shape index (κ3) is 5.96. The molecule has 1 aromatic carbocycles. The topological polar surface area (TPSA) is 105 Å². The van der Waals surface area contributed by atoms with Gasteiger partial charge in [0.2, 0.25) is 5.91 Å². The second kappa shape index (κ2) is 12.1. The van der Waals surface area contributed by atoms with E-state index in [1.807, 2.05) is 22.9 Å². The quantitative estimate of drug-likeness (QED) is 0.529. The zero-order valence-electron chi connectivity index (χ0n) is 23.4. The van der Waals surface area contributed by atoms with E-state index in [4.69, 9.17) is 0 Å². The Morgan fingerprint density at radius 3 is 2.62 bits per heavy atom. The molecule has 2 amide bonds. The van der Waals surface area contributed by atoms with Crippen LogP contribution in [0.5, 0.6) is 0 Å². The second-order valence-corrected chi connectivity index (χ2v) is 11.7. The smallest absolute Gasteiger partial charge is 0.269 e. The first-order valence-electron chi connectivity index (χ1n) is 13.5. The molecule has 0 aliphatic carbocycles. The van der Waals surface area contributed by atoms with Crippen LogP contribution in [-0.4, -0.2) is 79.6 Å². The van der Waals surface area contributed by atoms with E-state index in [1.54, 1.807) is 6.07 Å². The van der Waals surface area contributed by atoms with Crippen molar-refractivity contribution in [2.75, 3.05) is 48.3 Å². The van der Waals surface area contributed by atoms with Gasteiger partial charge in [-0.05, 0) is 45.0 Å². The van der Waals surface area contributed by atoms with Crippen molar-refractivity contribution >= 4 is 51.4 Å². The van der Waals surface area contributed by atoms with Gasteiger partial charge in [-0.2, -0.15) is 5.26 Å². The molecule has 0 spiro atoms. The number of piperazine rings is 1. The number of thiazole rings is 1. The number of nitrogens with zero attached hydrogens (tertiary/aromatic N) is 6. The molecule has 9 nitrogen and oxygen atoms in total. The van der Waals surface area contributed by atoms with Gasteiger partial charge in [0.15, 0.2) is 5.13 Å². The van der Waals surface area contributed by atoms with E-state index in [2.05, 4.69) is 40.1 Å². The van der Waals surface area contributed by atoms with E-state index in [-0.39, 0.29) is 23.3 Å². The third-order valence-electron chi connectivity index (χ3n) is 7.95. The van der Waals surface area contributed by atoms with Crippen molar-refractivity contribution in [3.63, 3.8) is 0 Å². The van der Waals surface area contributed by atoms with Crippen molar-refractivity contribution in [3.8, 4) is 6.07 Å². The number of halogens is 3. The number of hydrogen-bond donors (Lipinski definition) is 1. The lowest BCUT2D eigenvalue weighted by molar-refractivity contribution is -0.117. The maximum absolute atomic E-state index is 15.9. The van der Waals surface area contributed by atoms with Gasteiger partial charge in [0.1, 0.15) is 22.7 Å². The Kier molecular flexibility index (Phi) is 8.47. The molecule has 0 radical (unpaired) electrons. The summed E-state index contributed by atoms with van der Waals surface area (Å²) >= 11 is 1.25. The molecule has 2 aromatic rings. The van der Waals surface area contributed by atoms with E-state index in [0.29, 0.717) is 59.9 Å². The predicted octanol–water partition coefficient (Wildman–Crippen LogP) is 4.33. The van der Waals surface area contributed by atoms with Gasteiger partial charge < -0.3 is 15.1 Å². The average Bonchev–Trinajstić information content (AvgIpc) is 3.46. The number of dihydropyridines is 1. The minimum atomic E-state index is -3.02. The van der Waals surface area contributed by atoms with Crippen molar-refractivity contribution in [2.24, 2.45) is 10.9 Å². The highest BCUT2D eigenvalue weighted by Crippen LogP contribution is 2.37. The Hall–Kier alpha value is -4.02. The van der Waals surface area contributed by atoms with Crippen molar-refractivity contribution in [1.82, 2.24) is 9.88 Å². The number of aromatic nitrogens is 1. The number of likely N-dealkylation sites (N-methyl/N-ethyl adjacent to an activating group) is 1. The highest BCUT2D eigenvalue weighted by Gasteiger charge is 2.33. The minimum Gasteiger partial charge on any atom is -0.367 e. The zero-order chi connectivity index (χ0) is 30.1. The maximum atomic E-state index is 15.9. The first-order chi connectivity index (χ1) is 20.0. The molecule has 3 atom stereocenters. The van der Waals surface area contributed by atoms with Crippen LogP contribution in [0.4, 0.5) is 29.7 Å². The number of hydrogen-bond acceptors (Lipinski definition) is 8. The lowest BCUT2D eigenvalue weighted by Gasteiger charge is -2.44. The van der Waals surface area contributed by atoms with Gasteiger partial charge in [-0.25, -0.2) is 23.1 Å². The van der Waals surface area contributed by atoms with Gasteiger partial charge in [-0.3, -0.25) is 14.5 Å². The summed E-state index contributed by atoms with van der Waals surface area (Å²) in [7, 11) is 2.02. The van der Waals surface area contributed by atoms with Crippen LogP contribution in [0.1, 0.15) is 30.7 Å². The molecule has 220 valence electrons. The molecule has 3 aliphatic heterocycles. The molecular weight excluding hydrogens is 567 g/mol. The van der Waals surface area contributed by atoms with Crippen LogP contribution in [-0.2, 0) is 9.59 Å². The number of carbonyl (C=O) groups is 2. The number of alkyl halides is 2. The zero-order valence-corrected chi connectivity index (χ0v) is 24.2. The van der Waals surface area contributed by atoms with Crippen LogP contribution in [0.15, 0.2) is 41.0 Å². The second-order valence-electron chi connectivity index (χ2n) is 10.7. The molecule has 13 heteroatoms. The fourth-order valence-corrected chi connectivity index (χ4v) is 6.21. The summed E-state index contributed by atoms with van der Waals surface area (Å²) in [5.74, 6) is -3.57. The fraction of sp³-hybridized carbons (Fsp3) is 0.414. The Labute approximate surface area is 245 Å². The molecule has 42 heavy (non-hydrogen) atoms. The largest absolute Gasteiger partial charge is 0.367 e. The molecule has 3 aliphatic rings. The standard InChI is InChI=1S/C29H30F3N7O2S/c1-16-13-39(14-17(2)37(16)3)25-9-23(30)20(18-5-4-6-38(15-18)29-35-11-19(10-33)42-29)7-24(25)36-28(41)22-12-34-26(40)8-21(22)27(31)32/h5,7-9,11-12,16-17,22,27H,4,6,13-15H2,1-3H3,(H,36,41)/t16-,17+,22?. The molecule has 1 aromatic heterocycles. The summed E-state index contributed by atoms with van der Waals surface area (Å²) in [5.41, 5.74) is 1.02. The number of nitrogens with one attached hydrogen (secondary N) is 1. The number of benzene rings is 1.